The fraction of sp³-hybridized carbons (Fsp3) is 0.667. The van der Waals surface area contributed by atoms with Crippen molar-refractivity contribution in [2.24, 2.45) is 0 Å². The van der Waals surface area contributed by atoms with Gasteiger partial charge in [-0.05, 0) is 12.8 Å². The Hall–Kier alpha value is -2.58. The maximum Gasteiger partial charge on any atom is 0.490 e. The molecule has 9 N–H and O–H groups in total. The Kier molecular flexibility index (Phi) is 15.1. The number of aromatic amines is 1. The molecule has 2 unspecified atom stereocenters. The molecule has 22 nitrogen and oxygen atoms in total. The fourth-order valence-electron chi connectivity index (χ4n) is 3.98. The third kappa shape index (κ3) is 14.9. The van der Waals surface area contributed by atoms with E-state index in [0.29, 0.717) is 25.8 Å². The molecular weight excluding hydrogens is 689 g/mol. The van der Waals surface area contributed by atoms with E-state index in [1.807, 2.05) is 4.98 Å². The molecule has 1 aromatic heterocycles. The molecule has 1 aliphatic heterocycles. The summed E-state index contributed by atoms with van der Waals surface area (Å²) in [4.78, 5) is 96.9. The van der Waals surface area contributed by atoms with Crippen LogP contribution in [-0.4, -0.2) is 89.0 Å². The molecule has 0 bridgehead atoms. The number of rotatable bonds is 20. The molecule has 0 spiro atoms. The maximum absolute atomic E-state index is 12.4. The topological polar surface area (TPSA) is 340 Å². The van der Waals surface area contributed by atoms with E-state index in [0.717, 1.165) is 17.2 Å². The number of hydrogen-bond acceptors (Lipinski definition) is 13. The van der Waals surface area contributed by atoms with E-state index in [1.165, 1.54) is 0 Å². The number of H-pyrrole nitrogens is 1. The number of hydrogen-bond donors (Lipinski definition) is 9. The molecule has 1 aliphatic rings. The lowest BCUT2D eigenvalue weighted by molar-refractivity contribution is -0.138. The molecule has 2 heterocycles. The van der Waals surface area contributed by atoms with Crippen LogP contribution in [0.3, 0.4) is 0 Å². The van der Waals surface area contributed by atoms with E-state index >= 15 is 0 Å². The van der Waals surface area contributed by atoms with Crippen LogP contribution < -0.4 is 21.9 Å². The average molecular weight is 724 g/mol. The highest BCUT2D eigenvalue weighted by atomic mass is 31.3. The van der Waals surface area contributed by atoms with Crippen molar-refractivity contribution in [1.82, 2.24) is 20.2 Å². The Labute approximate surface area is 259 Å². The van der Waals surface area contributed by atoms with Crippen LogP contribution in [0.1, 0.15) is 56.7 Å². The number of amides is 2. The van der Waals surface area contributed by atoms with E-state index in [1.54, 1.807) is 0 Å². The van der Waals surface area contributed by atoms with Gasteiger partial charge in [-0.2, -0.15) is 8.62 Å². The van der Waals surface area contributed by atoms with Crippen LogP contribution in [-0.2, 0) is 52.4 Å². The third-order valence-electron chi connectivity index (χ3n) is 6.04. The van der Waals surface area contributed by atoms with Crippen molar-refractivity contribution in [3.8, 4) is 0 Å². The number of nitrogens with one attached hydrogen (secondary N) is 3. The monoisotopic (exact) mass is 724 g/mol. The molecule has 5 atom stereocenters. The second-order valence-corrected chi connectivity index (χ2v) is 14.2. The van der Waals surface area contributed by atoms with Gasteiger partial charge < -0.3 is 45.2 Å². The van der Waals surface area contributed by atoms with Crippen LogP contribution in [0.4, 0.5) is 0 Å². The zero-order chi connectivity index (χ0) is 34.7. The number of nitrogens with zero attached hydrogens (tertiary/aromatic N) is 1. The van der Waals surface area contributed by atoms with Gasteiger partial charge in [0.1, 0.15) is 12.3 Å². The number of aliphatic hydroxyl groups is 1. The fourth-order valence-corrected chi connectivity index (χ4v) is 7.01. The Balaban J connectivity index is 1.83. The van der Waals surface area contributed by atoms with Gasteiger partial charge in [-0.1, -0.05) is 12.8 Å². The van der Waals surface area contributed by atoms with E-state index in [9.17, 15) is 52.6 Å². The van der Waals surface area contributed by atoms with Crippen LogP contribution in [0.15, 0.2) is 15.8 Å². The molecule has 1 fully saturated rings. The third-order valence-corrected chi connectivity index (χ3v) is 9.84. The van der Waals surface area contributed by atoms with E-state index < -0.39 is 78.1 Å². The van der Waals surface area contributed by atoms with Crippen LogP contribution in [0.2, 0.25) is 0 Å². The van der Waals surface area contributed by atoms with Gasteiger partial charge in [-0.15, -0.1) is 0 Å². The summed E-state index contributed by atoms with van der Waals surface area (Å²) in [5, 5.41) is 24.1. The van der Waals surface area contributed by atoms with Gasteiger partial charge >= 0.3 is 35.1 Å². The van der Waals surface area contributed by atoms with E-state index in [4.69, 9.17) is 19.6 Å². The Morgan fingerprint density at radius 2 is 1.54 bits per heavy atom. The standard InChI is InChI=1S/C21H35N4O18P3/c26-14-10-18(41-15(14)12-40-45(36,37)43-46(38,39)42-44(33,34)35)25-11-13(20(31)24-21(25)32)9-17(28)23-8-4-2-1-3-7-22-16(27)5-6-19(29)30/h11,14-15,18,26H,1-10,12H2,(H,22,27)(H,23,28)(H,29,30)(H,36,37)(H,38,39)(H,24,31,32)(H2,33,34,35)/t14-,15+,18+/m0/s1. The number of carbonyl (C=O) groups excluding carboxylic acids is 2. The lowest BCUT2D eigenvalue weighted by Gasteiger charge is -2.19. The van der Waals surface area contributed by atoms with Gasteiger partial charge in [0.15, 0.2) is 0 Å². The summed E-state index contributed by atoms with van der Waals surface area (Å²) < 4.78 is 52.0. The van der Waals surface area contributed by atoms with Crippen molar-refractivity contribution < 1.29 is 75.7 Å². The zero-order valence-corrected chi connectivity index (χ0v) is 26.6. The van der Waals surface area contributed by atoms with Gasteiger partial charge in [0.05, 0.1) is 25.6 Å². The second-order valence-electron chi connectivity index (χ2n) is 9.82. The number of carboxylic acids is 1. The van der Waals surface area contributed by atoms with Crippen LogP contribution in [0.5, 0.6) is 0 Å². The van der Waals surface area contributed by atoms with Gasteiger partial charge in [0, 0.05) is 37.7 Å². The van der Waals surface area contributed by atoms with Crippen LogP contribution in [0, 0.1) is 0 Å². The Morgan fingerprint density at radius 1 is 0.935 bits per heavy atom. The summed E-state index contributed by atoms with van der Waals surface area (Å²) in [5.41, 5.74) is -1.96. The van der Waals surface area contributed by atoms with Crippen molar-refractivity contribution in [2.75, 3.05) is 19.7 Å². The Bertz CT molecular complexity index is 1490. The summed E-state index contributed by atoms with van der Waals surface area (Å²) >= 11 is 0. The molecule has 0 aromatic carbocycles. The van der Waals surface area contributed by atoms with Gasteiger partial charge in [-0.25, -0.2) is 18.5 Å². The molecule has 262 valence electrons. The predicted octanol–water partition coefficient (Wildman–Crippen LogP) is -1.27. The Morgan fingerprint density at radius 3 is 2.13 bits per heavy atom. The average Bonchev–Trinajstić information content (AvgIpc) is 3.27. The maximum atomic E-state index is 12.4. The molecule has 2 rings (SSSR count). The minimum Gasteiger partial charge on any atom is -0.481 e. The number of phosphoric ester groups is 1. The van der Waals surface area contributed by atoms with Gasteiger partial charge in [-0.3, -0.25) is 33.3 Å². The highest BCUT2D eigenvalue weighted by Crippen LogP contribution is 2.66. The largest absolute Gasteiger partial charge is 0.490 e. The molecule has 0 radical (unpaired) electrons. The zero-order valence-electron chi connectivity index (χ0n) is 24.0. The SMILES string of the molecule is O=C(O)CCC(=O)NCCCCCCNC(=O)Cc1cn([C@H]2C[C@H](O)[C@@H](COP(=O)(O)OP(=O)(O)OP(=O)(O)O)O2)c(=O)[nH]c1=O. The summed E-state index contributed by atoms with van der Waals surface area (Å²) in [5.74, 6) is -1.95. The number of ether oxygens (including phenoxy) is 1. The lowest BCUT2D eigenvalue weighted by atomic mass is 10.1. The summed E-state index contributed by atoms with van der Waals surface area (Å²) in [6, 6.07) is 0. The molecule has 0 saturated carbocycles. The summed E-state index contributed by atoms with van der Waals surface area (Å²) in [7, 11) is -16.9. The number of phosphoric acid groups is 3. The lowest BCUT2D eigenvalue weighted by Crippen LogP contribution is -2.36. The number of carboxylic acid groups (broad SMARTS) is 1. The predicted molar refractivity (Wildman–Crippen MR) is 151 cm³/mol. The first-order valence-corrected chi connectivity index (χ1v) is 18.0. The van der Waals surface area contributed by atoms with Crippen molar-refractivity contribution >= 4 is 41.3 Å². The highest BCUT2D eigenvalue weighted by Gasteiger charge is 2.43. The van der Waals surface area contributed by atoms with Crippen molar-refractivity contribution in [3.05, 3.63) is 32.6 Å². The van der Waals surface area contributed by atoms with E-state index in [-0.39, 0.29) is 37.3 Å². The molecular formula is C21H35N4O18P3. The molecule has 1 saturated heterocycles. The summed E-state index contributed by atoms with van der Waals surface area (Å²) in [6.07, 6.45) is -1.52. The van der Waals surface area contributed by atoms with Gasteiger partial charge in [0.2, 0.25) is 11.8 Å². The number of unbranched alkanes of at least 4 members (excludes halogenated alkanes) is 3. The quantitative estimate of drug-likeness (QED) is 0.0559. The second kappa shape index (κ2) is 17.5. The molecule has 46 heavy (non-hydrogen) atoms. The van der Waals surface area contributed by atoms with Gasteiger partial charge in [0.25, 0.3) is 5.56 Å². The van der Waals surface area contributed by atoms with Crippen molar-refractivity contribution in [3.63, 3.8) is 0 Å². The number of carbonyl (C=O) groups is 3. The van der Waals surface area contributed by atoms with Crippen molar-refractivity contribution in [1.29, 1.82) is 0 Å². The summed E-state index contributed by atoms with van der Waals surface area (Å²) in [6.45, 7) is -0.313. The number of aliphatic carboxylic acids is 1. The first kappa shape index (κ1) is 39.6. The minimum atomic E-state index is -5.77. The normalized spacial score (nSPS) is 20.8. The van der Waals surface area contributed by atoms with E-state index in [2.05, 4.69) is 23.8 Å². The molecule has 1 aromatic rings. The smallest absolute Gasteiger partial charge is 0.481 e. The molecule has 2 amide bonds. The highest BCUT2D eigenvalue weighted by molar-refractivity contribution is 7.66. The van der Waals surface area contributed by atoms with Crippen molar-refractivity contribution in [2.45, 2.75) is 69.8 Å². The number of aromatic nitrogens is 2. The first-order valence-electron chi connectivity index (χ1n) is 13.5. The molecule has 0 aliphatic carbocycles. The first-order chi connectivity index (χ1) is 21.3. The minimum absolute atomic E-state index is 0.0979. The van der Waals surface area contributed by atoms with Crippen LogP contribution in [0.25, 0.3) is 0 Å². The van der Waals surface area contributed by atoms with Crippen LogP contribution >= 0.6 is 23.5 Å². The molecule has 25 heteroatoms. The number of aliphatic hydroxyl groups excluding tert-OH is 1.